The van der Waals surface area contributed by atoms with E-state index in [1.807, 2.05) is 18.2 Å². The van der Waals surface area contributed by atoms with E-state index in [9.17, 15) is 9.18 Å². The van der Waals surface area contributed by atoms with Gasteiger partial charge >= 0.3 is 0 Å². The molecule has 2 nitrogen and oxygen atoms in total. The van der Waals surface area contributed by atoms with Crippen LogP contribution in [0.2, 0.25) is 0 Å². The number of rotatable bonds is 3. The van der Waals surface area contributed by atoms with Gasteiger partial charge in [0, 0.05) is 27.2 Å². The Labute approximate surface area is 110 Å². The molecule has 1 heterocycles. The Kier molecular flexibility index (Phi) is 3.59. The highest BCUT2D eigenvalue weighted by Gasteiger charge is 2.10. The molecule has 0 aliphatic rings. The second-order valence-corrected chi connectivity index (χ2v) is 5.35. The molecule has 0 atom stereocenters. The molecule has 0 spiro atoms. The van der Waals surface area contributed by atoms with E-state index >= 15 is 0 Å². The molecule has 2 rings (SSSR count). The SMILES string of the molecule is CNc1sc2ccc(Br)cc2c1/C=C(/F)C=O. The Balaban J connectivity index is 2.73. The van der Waals surface area contributed by atoms with Gasteiger partial charge in [-0.3, -0.25) is 4.79 Å². The number of allylic oxidation sites excluding steroid dienone is 1. The summed E-state index contributed by atoms with van der Waals surface area (Å²) in [5.74, 6) is -0.777. The van der Waals surface area contributed by atoms with Gasteiger partial charge in [-0.2, -0.15) is 0 Å². The van der Waals surface area contributed by atoms with Gasteiger partial charge in [0.1, 0.15) is 0 Å². The zero-order valence-corrected chi connectivity index (χ0v) is 11.4. The van der Waals surface area contributed by atoms with Gasteiger partial charge in [0.05, 0.1) is 5.00 Å². The van der Waals surface area contributed by atoms with Crippen molar-refractivity contribution in [3.8, 4) is 0 Å². The number of fused-ring (bicyclic) bond motifs is 1. The minimum Gasteiger partial charge on any atom is -0.379 e. The first-order valence-electron chi connectivity index (χ1n) is 4.88. The number of nitrogens with one attached hydrogen (secondary N) is 1. The number of hydrogen-bond acceptors (Lipinski definition) is 3. The summed E-state index contributed by atoms with van der Waals surface area (Å²) >= 11 is 4.91. The lowest BCUT2D eigenvalue weighted by atomic mass is 10.1. The molecule has 1 N–H and O–H groups in total. The van der Waals surface area contributed by atoms with Crippen LogP contribution in [0.1, 0.15) is 5.56 Å². The zero-order chi connectivity index (χ0) is 12.4. The second kappa shape index (κ2) is 4.98. The van der Waals surface area contributed by atoms with E-state index in [4.69, 9.17) is 0 Å². The smallest absolute Gasteiger partial charge is 0.178 e. The number of halogens is 2. The van der Waals surface area contributed by atoms with E-state index in [-0.39, 0.29) is 6.29 Å². The van der Waals surface area contributed by atoms with Crippen LogP contribution in [-0.2, 0) is 4.79 Å². The molecule has 0 saturated heterocycles. The minimum atomic E-state index is -0.777. The first-order valence-corrected chi connectivity index (χ1v) is 6.49. The quantitative estimate of drug-likeness (QED) is 0.679. The molecule has 1 aromatic heterocycles. The first kappa shape index (κ1) is 12.3. The van der Waals surface area contributed by atoms with Crippen molar-refractivity contribution in [2.45, 2.75) is 0 Å². The molecule has 0 amide bonds. The summed E-state index contributed by atoms with van der Waals surface area (Å²) in [6, 6.07) is 5.81. The van der Waals surface area contributed by atoms with E-state index < -0.39 is 5.83 Å². The average Bonchev–Trinajstić information content (AvgIpc) is 2.67. The minimum absolute atomic E-state index is 0.209. The molecule has 17 heavy (non-hydrogen) atoms. The Hall–Kier alpha value is -1.20. The highest BCUT2D eigenvalue weighted by atomic mass is 79.9. The van der Waals surface area contributed by atoms with Crippen LogP contribution in [0.5, 0.6) is 0 Å². The molecule has 5 heteroatoms. The summed E-state index contributed by atoms with van der Waals surface area (Å²) in [6.07, 6.45) is 1.46. The van der Waals surface area contributed by atoms with Crippen LogP contribution < -0.4 is 5.32 Å². The van der Waals surface area contributed by atoms with Gasteiger partial charge in [-0.05, 0) is 24.3 Å². The number of carbonyl (C=O) groups is 1. The third-order valence-electron chi connectivity index (χ3n) is 2.31. The maximum atomic E-state index is 13.1. The van der Waals surface area contributed by atoms with Crippen LogP contribution in [0, 0.1) is 0 Å². The number of aldehydes is 1. The molecular formula is C12H9BrFNOS. The fourth-order valence-corrected chi connectivity index (χ4v) is 2.97. The standard InChI is InChI=1S/C12H9BrFNOS/c1-15-12-10(5-8(14)6-16)9-4-7(13)2-3-11(9)17-12/h2-6,15H,1H3/b8-5+. The number of carbonyl (C=O) groups excluding carboxylic acids is 1. The molecular weight excluding hydrogens is 305 g/mol. The Morgan fingerprint density at radius 3 is 2.94 bits per heavy atom. The largest absolute Gasteiger partial charge is 0.379 e. The van der Waals surface area contributed by atoms with Crippen LogP contribution in [0.25, 0.3) is 16.2 Å². The lowest BCUT2D eigenvalue weighted by molar-refractivity contribution is -0.106. The third-order valence-corrected chi connectivity index (χ3v) is 4.01. The van der Waals surface area contributed by atoms with Gasteiger partial charge in [-0.1, -0.05) is 15.9 Å². The van der Waals surface area contributed by atoms with Crippen LogP contribution >= 0.6 is 27.3 Å². The van der Waals surface area contributed by atoms with Gasteiger partial charge in [0.25, 0.3) is 0 Å². The molecule has 0 bridgehead atoms. The van der Waals surface area contributed by atoms with Crippen LogP contribution in [-0.4, -0.2) is 13.3 Å². The molecule has 0 fully saturated rings. The van der Waals surface area contributed by atoms with Crippen molar-refractivity contribution in [2.24, 2.45) is 0 Å². The van der Waals surface area contributed by atoms with E-state index in [1.54, 1.807) is 7.05 Å². The van der Waals surface area contributed by atoms with Crippen molar-refractivity contribution < 1.29 is 9.18 Å². The number of thiophene rings is 1. The van der Waals surface area contributed by atoms with Crippen molar-refractivity contribution in [1.82, 2.24) is 0 Å². The second-order valence-electron chi connectivity index (χ2n) is 3.38. The van der Waals surface area contributed by atoms with Crippen LogP contribution in [0.15, 0.2) is 28.5 Å². The van der Waals surface area contributed by atoms with Crippen molar-refractivity contribution >= 4 is 54.7 Å². The van der Waals surface area contributed by atoms with Crippen molar-refractivity contribution in [3.05, 3.63) is 34.1 Å². The lowest BCUT2D eigenvalue weighted by Gasteiger charge is -1.98. The van der Waals surface area contributed by atoms with E-state index in [2.05, 4.69) is 21.2 Å². The molecule has 0 saturated carbocycles. The molecule has 0 aliphatic heterocycles. The average molecular weight is 314 g/mol. The van der Waals surface area contributed by atoms with Crippen molar-refractivity contribution in [1.29, 1.82) is 0 Å². The van der Waals surface area contributed by atoms with Gasteiger partial charge in [0.15, 0.2) is 12.1 Å². The molecule has 88 valence electrons. The lowest BCUT2D eigenvalue weighted by Crippen LogP contribution is -1.86. The van der Waals surface area contributed by atoms with Gasteiger partial charge < -0.3 is 5.32 Å². The topological polar surface area (TPSA) is 29.1 Å². The fraction of sp³-hybridized carbons (Fsp3) is 0.0833. The third kappa shape index (κ3) is 2.40. The summed E-state index contributed by atoms with van der Waals surface area (Å²) in [6.45, 7) is 0. The molecule has 1 aromatic carbocycles. The van der Waals surface area contributed by atoms with Crippen LogP contribution in [0.3, 0.4) is 0 Å². The van der Waals surface area contributed by atoms with E-state index in [0.717, 1.165) is 19.6 Å². The molecule has 2 aromatic rings. The number of hydrogen-bond donors (Lipinski definition) is 1. The van der Waals surface area contributed by atoms with Gasteiger partial charge in [-0.25, -0.2) is 4.39 Å². The summed E-state index contributed by atoms with van der Waals surface area (Å²) in [4.78, 5) is 10.4. The van der Waals surface area contributed by atoms with Crippen LogP contribution in [0.4, 0.5) is 9.39 Å². The van der Waals surface area contributed by atoms with Crippen molar-refractivity contribution in [3.63, 3.8) is 0 Å². The zero-order valence-electron chi connectivity index (χ0n) is 8.96. The Morgan fingerprint density at radius 2 is 2.29 bits per heavy atom. The number of benzene rings is 1. The van der Waals surface area contributed by atoms with Gasteiger partial charge in [-0.15, -0.1) is 11.3 Å². The Bertz CT molecular complexity index is 606. The molecule has 0 unspecified atom stereocenters. The summed E-state index contributed by atoms with van der Waals surface area (Å²) < 4.78 is 15.1. The molecule has 0 aliphatic carbocycles. The summed E-state index contributed by atoms with van der Waals surface area (Å²) in [5.41, 5.74) is 0.707. The highest BCUT2D eigenvalue weighted by molar-refractivity contribution is 9.10. The maximum Gasteiger partial charge on any atom is 0.178 e. The summed E-state index contributed by atoms with van der Waals surface area (Å²) in [5, 5.41) is 4.77. The first-order chi connectivity index (χ1) is 8.15. The molecule has 0 radical (unpaired) electrons. The van der Waals surface area contributed by atoms with Crippen molar-refractivity contribution in [2.75, 3.05) is 12.4 Å². The normalized spacial score (nSPS) is 11.8. The van der Waals surface area contributed by atoms with E-state index in [1.165, 1.54) is 17.4 Å². The highest BCUT2D eigenvalue weighted by Crippen LogP contribution is 2.38. The van der Waals surface area contributed by atoms with E-state index in [0.29, 0.717) is 5.56 Å². The monoisotopic (exact) mass is 313 g/mol. The summed E-state index contributed by atoms with van der Waals surface area (Å²) in [7, 11) is 1.77. The predicted molar refractivity (Wildman–Crippen MR) is 74.2 cm³/mol. The van der Waals surface area contributed by atoms with Gasteiger partial charge in [0.2, 0.25) is 0 Å². The Morgan fingerprint density at radius 1 is 1.53 bits per heavy atom. The predicted octanol–water partition coefficient (Wildman–Crippen LogP) is 4.21. The maximum absolute atomic E-state index is 13.1. The fourth-order valence-electron chi connectivity index (χ4n) is 1.59. The number of anilines is 1.